The van der Waals surface area contributed by atoms with Crippen molar-refractivity contribution in [3.05, 3.63) is 36.0 Å². The molecule has 3 rings (SSSR count). The van der Waals surface area contributed by atoms with Gasteiger partial charge in [-0.05, 0) is 24.0 Å². The molecule has 0 saturated heterocycles. The highest BCUT2D eigenvalue weighted by Crippen LogP contribution is 2.58. The molecule has 0 radical (unpaired) electrons. The van der Waals surface area contributed by atoms with Crippen LogP contribution in [-0.4, -0.2) is 10.2 Å². The predicted molar refractivity (Wildman–Crippen MR) is 60.8 cm³/mol. The molecule has 3 nitrogen and oxygen atoms in total. The number of hydrogen-bond acceptors (Lipinski definition) is 3. The SMILES string of the molecule is CC1(C)CC1c1nnc(-c2ccccc2F)o1. The second-order valence-electron chi connectivity index (χ2n) is 5.17. The summed E-state index contributed by atoms with van der Waals surface area (Å²) in [6.45, 7) is 4.31. The maximum Gasteiger partial charge on any atom is 0.250 e. The predicted octanol–water partition coefficient (Wildman–Crippen LogP) is 3.39. The van der Waals surface area contributed by atoms with Gasteiger partial charge < -0.3 is 4.42 Å². The van der Waals surface area contributed by atoms with Gasteiger partial charge in [0.1, 0.15) is 5.82 Å². The average molecular weight is 232 g/mol. The van der Waals surface area contributed by atoms with E-state index in [2.05, 4.69) is 24.0 Å². The van der Waals surface area contributed by atoms with Crippen molar-refractivity contribution in [2.75, 3.05) is 0 Å². The number of nitrogens with zero attached hydrogens (tertiary/aromatic N) is 2. The van der Waals surface area contributed by atoms with Gasteiger partial charge in [-0.15, -0.1) is 10.2 Å². The summed E-state index contributed by atoms with van der Waals surface area (Å²) in [5.74, 6) is 0.863. The van der Waals surface area contributed by atoms with Gasteiger partial charge in [0.05, 0.1) is 5.56 Å². The van der Waals surface area contributed by atoms with Crippen LogP contribution >= 0.6 is 0 Å². The first-order chi connectivity index (χ1) is 8.08. The van der Waals surface area contributed by atoms with Crippen molar-refractivity contribution in [3.8, 4) is 11.5 Å². The zero-order chi connectivity index (χ0) is 12.0. The highest BCUT2D eigenvalue weighted by molar-refractivity contribution is 5.53. The van der Waals surface area contributed by atoms with Crippen molar-refractivity contribution in [1.82, 2.24) is 10.2 Å². The van der Waals surface area contributed by atoms with Crippen LogP contribution in [0.1, 0.15) is 32.1 Å². The molecule has 0 aliphatic heterocycles. The van der Waals surface area contributed by atoms with Gasteiger partial charge in [-0.1, -0.05) is 26.0 Å². The largest absolute Gasteiger partial charge is 0.420 e. The number of rotatable bonds is 2. The van der Waals surface area contributed by atoms with Crippen molar-refractivity contribution < 1.29 is 8.81 Å². The second kappa shape index (κ2) is 3.39. The Morgan fingerprint density at radius 2 is 2.00 bits per heavy atom. The molecule has 1 heterocycles. The number of halogens is 1. The van der Waals surface area contributed by atoms with Gasteiger partial charge in [-0.2, -0.15) is 0 Å². The summed E-state index contributed by atoms with van der Waals surface area (Å²) < 4.78 is 19.1. The van der Waals surface area contributed by atoms with E-state index in [0.717, 1.165) is 6.42 Å². The van der Waals surface area contributed by atoms with Gasteiger partial charge in [-0.25, -0.2) is 4.39 Å². The van der Waals surface area contributed by atoms with E-state index in [9.17, 15) is 4.39 Å². The summed E-state index contributed by atoms with van der Waals surface area (Å²) in [5, 5.41) is 7.93. The molecule has 0 bridgehead atoms. The first kappa shape index (κ1) is 10.4. The molecule has 1 aromatic carbocycles. The monoisotopic (exact) mass is 232 g/mol. The highest BCUT2D eigenvalue weighted by atomic mass is 19.1. The molecule has 17 heavy (non-hydrogen) atoms. The van der Waals surface area contributed by atoms with Gasteiger partial charge in [0.15, 0.2) is 0 Å². The Bertz CT molecular complexity index is 562. The summed E-state index contributed by atoms with van der Waals surface area (Å²) in [6.07, 6.45) is 1.05. The first-order valence-electron chi connectivity index (χ1n) is 5.66. The number of aromatic nitrogens is 2. The zero-order valence-electron chi connectivity index (χ0n) is 9.77. The molecular formula is C13H13FN2O. The highest BCUT2D eigenvalue weighted by Gasteiger charge is 2.50. The summed E-state index contributed by atoms with van der Waals surface area (Å²) >= 11 is 0. The zero-order valence-corrected chi connectivity index (χ0v) is 9.77. The fourth-order valence-electron chi connectivity index (χ4n) is 2.01. The lowest BCUT2D eigenvalue weighted by atomic mass is 10.1. The lowest BCUT2D eigenvalue weighted by Crippen LogP contribution is -1.89. The van der Waals surface area contributed by atoms with E-state index in [0.29, 0.717) is 17.4 Å². The Morgan fingerprint density at radius 3 is 2.65 bits per heavy atom. The smallest absolute Gasteiger partial charge is 0.250 e. The maximum absolute atomic E-state index is 13.5. The second-order valence-corrected chi connectivity index (χ2v) is 5.17. The molecule has 1 unspecified atom stereocenters. The number of hydrogen-bond donors (Lipinski definition) is 0. The molecule has 1 atom stereocenters. The first-order valence-corrected chi connectivity index (χ1v) is 5.66. The summed E-state index contributed by atoms with van der Waals surface area (Å²) in [6, 6.07) is 6.42. The topological polar surface area (TPSA) is 38.9 Å². The molecule has 88 valence electrons. The molecule has 1 saturated carbocycles. The molecule has 1 fully saturated rings. The lowest BCUT2D eigenvalue weighted by molar-refractivity contribution is 0.474. The molecule has 4 heteroatoms. The molecule has 1 aliphatic carbocycles. The molecular weight excluding hydrogens is 219 g/mol. The van der Waals surface area contributed by atoms with E-state index in [4.69, 9.17) is 4.42 Å². The van der Waals surface area contributed by atoms with Crippen molar-refractivity contribution >= 4 is 0 Å². The molecule has 0 spiro atoms. The van der Waals surface area contributed by atoms with Crippen molar-refractivity contribution in [2.45, 2.75) is 26.2 Å². The Morgan fingerprint density at radius 1 is 1.29 bits per heavy atom. The van der Waals surface area contributed by atoms with Crippen LogP contribution in [-0.2, 0) is 0 Å². The minimum absolute atomic E-state index is 0.235. The van der Waals surface area contributed by atoms with Gasteiger partial charge in [0.25, 0.3) is 5.89 Å². The number of benzene rings is 1. The fourth-order valence-corrected chi connectivity index (χ4v) is 2.01. The Hall–Kier alpha value is -1.71. The van der Waals surface area contributed by atoms with Gasteiger partial charge in [0.2, 0.25) is 5.89 Å². The fraction of sp³-hybridized carbons (Fsp3) is 0.385. The molecule has 2 aromatic rings. The third-order valence-electron chi connectivity index (χ3n) is 3.36. The minimum Gasteiger partial charge on any atom is -0.420 e. The normalized spacial score (nSPS) is 21.5. The third kappa shape index (κ3) is 1.73. The van der Waals surface area contributed by atoms with Crippen molar-refractivity contribution in [3.63, 3.8) is 0 Å². The van der Waals surface area contributed by atoms with Crippen LogP contribution in [0.5, 0.6) is 0 Å². The molecule has 0 N–H and O–H groups in total. The van der Waals surface area contributed by atoms with Crippen molar-refractivity contribution in [2.24, 2.45) is 5.41 Å². The van der Waals surface area contributed by atoms with Crippen LogP contribution in [0.4, 0.5) is 4.39 Å². The molecule has 1 aliphatic rings. The molecule has 1 aromatic heterocycles. The summed E-state index contributed by atoms with van der Waals surface area (Å²) in [4.78, 5) is 0. The Balaban J connectivity index is 1.94. The maximum atomic E-state index is 13.5. The average Bonchev–Trinajstić information content (AvgIpc) is 2.76. The van der Waals surface area contributed by atoms with Crippen LogP contribution < -0.4 is 0 Å². The van der Waals surface area contributed by atoms with E-state index in [1.807, 2.05) is 0 Å². The quantitative estimate of drug-likeness (QED) is 0.796. The third-order valence-corrected chi connectivity index (χ3v) is 3.36. The lowest BCUT2D eigenvalue weighted by Gasteiger charge is -1.97. The summed E-state index contributed by atoms with van der Waals surface area (Å²) in [7, 11) is 0. The van der Waals surface area contributed by atoms with E-state index >= 15 is 0 Å². The van der Waals surface area contributed by atoms with E-state index in [1.165, 1.54) is 6.07 Å². The van der Waals surface area contributed by atoms with E-state index < -0.39 is 0 Å². The Kier molecular flexibility index (Phi) is 2.08. The van der Waals surface area contributed by atoms with Gasteiger partial charge in [0, 0.05) is 5.92 Å². The van der Waals surface area contributed by atoms with Crippen LogP contribution in [0.2, 0.25) is 0 Å². The molecule has 0 amide bonds. The van der Waals surface area contributed by atoms with E-state index in [1.54, 1.807) is 18.2 Å². The minimum atomic E-state index is -0.335. The Labute approximate surface area is 98.7 Å². The van der Waals surface area contributed by atoms with Crippen LogP contribution in [0.15, 0.2) is 28.7 Å². The van der Waals surface area contributed by atoms with Gasteiger partial charge in [-0.3, -0.25) is 0 Å². The van der Waals surface area contributed by atoms with Crippen LogP contribution in [0.25, 0.3) is 11.5 Å². The summed E-state index contributed by atoms with van der Waals surface area (Å²) in [5.41, 5.74) is 0.601. The van der Waals surface area contributed by atoms with Crippen molar-refractivity contribution in [1.29, 1.82) is 0 Å². The van der Waals surface area contributed by atoms with Crippen LogP contribution in [0, 0.1) is 11.2 Å². The van der Waals surface area contributed by atoms with E-state index in [-0.39, 0.29) is 17.1 Å². The standard InChI is InChI=1S/C13H13FN2O/c1-13(2)7-9(13)12-16-15-11(17-12)8-5-3-4-6-10(8)14/h3-6,9H,7H2,1-2H3. The van der Waals surface area contributed by atoms with Gasteiger partial charge >= 0.3 is 0 Å². The van der Waals surface area contributed by atoms with Crippen LogP contribution in [0.3, 0.4) is 0 Å².